The van der Waals surface area contributed by atoms with E-state index in [9.17, 15) is 0 Å². The zero-order valence-electron chi connectivity index (χ0n) is 5.22. The van der Waals surface area contributed by atoms with Crippen molar-refractivity contribution in [3.05, 3.63) is 0 Å². The van der Waals surface area contributed by atoms with E-state index >= 15 is 0 Å². The van der Waals surface area contributed by atoms with Gasteiger partial charge in [0.2, 0.25) is 0 Å². The minimum Gasteiger partial charge on any atom is -0.329 e. The molecule has 0 bridgehead atoms. The van der Waals surface area contributed by atoms with E-state index in [1.54, 1.807) is 0 Å². The second-order valence-corrected chi connectivity index (χ2v) is 2.72. The van der Waals surface area contributed by atoms with Gasteiger partial charge in [0, 0.05) is 24.9 Å². The average molecular weight is 134 g/mol. The van der Waals surface area contributed by atoms with Gasteiger partial charge in [-0.15, -0.1) is 0 Å². The molecule has 0 rings (SSSR count). The Morgan fingerprint density at radius 3 is 2.75 bits per heavy atom. The van der Waals surface area contributed by atoms with E-state index in [-0.39, 0.29) is 0 Å². The Kier molecular flexibility index (Phi) is 5.59. The Morgan fingerprint density at radius 2 is 2.38 bits per heavy atom. The molecular weight excluding hydrogens is 120 g/mol. The SMILES string of the molecule is CC(S)CNCCN. The fraction of sp³-hybridized carbons (Fsp3) is 1.00. The van der Waals surface area contributed by atoms with E-state index in [0.717, 1.165) is 13.1 Å². The Balaban J connectivity index is 2.72. The Bertz CT molecular complexity index is 47.7. The molecule has 3 heteroatoms. The maximum Gasteiger partial charge on any atom is 0.0113 e. The third kappa shape index (κ3) is 6.27. The molecule has 0 aromatic rings. The molecule has 0 aliphatic carbocycles. The number of rotatable bonds is 4. The highest BCUT2D eigenvalue weighted by Gasteiger charge is 1.89. The van der Waals surface area contributed by atoms with Crippen LogP contribution in [0, 0.1) is 0 Å². The molecule has 0 saturated heterocycles. The van der Waals surface area contributed by atoms with Crippen LogP contribution < -0.4 is 11.1 Å². The molecule has 2 nitrogen and oxygen atoms in total. The molecule has 0 heterocycles. The van der Waals surface area contributed by atoms with Crippen LogP contribution in [0.2, 0.25) is 0 Å². The van der Waals surface area contributed by atoms with Gasteiger partial charge in [-0.3, -0.25) is 0 Å². The van der Waals surface area contributed by atoms with Gasteiger partial charge >= 0.3 is 0 Å². The molecule has 1 atom stereocenters. The molecule has 3 N–H and O–H groups in total. The van der Waals surface area contributed by atoms with Crippen LogP contribution >= 0.6 is 12.6 Å². The second-order valence-electron chi connectivity index (χ2n) is 1.84. The first kappa shape index (κ1) is 8.27. The molecule has 0 aromatic carbocycles. The van der Waals surface area contributed by atoms with E-state index in [4.69, 9.17) is 5.73 Å². The highest BCUT2D eigenvalue weighted by atomic mass is 32.1. The van der Waals surface area contributed by atoms with Crippen LogP contribution in [0.5, 0.6) is 0 Å². The fourth-order valence-corrected chi connectivity index (χ4v) is 0.542. The maximum absolute atomic E-state index is 5.23. The number of hydrogen-bond donors (Lipinski definition) is 3. The van der Waals surface area contributed by atoms with Crippen LogP contribution in [-0.2, 0) is 0 Å². The summed E-state index contributed by atoms with van der Waals surface area (Å²) in [7, 11) is 0. The lowest BCUT2D eigenvalue weighted by Gasteiger charge is -2.03. The number of hydrogen-bond acceptors (Lipinski definition) is 3. The molecule has 0 spiro atoms. The van der Waals surface area contributed by atoms with Crippen molar-refractivity contribution in [1.29, 1.82) is 0 Å². The quantitative estimate of drug-likeness (QED) is 0.369. The van der Waals surface area contributed by atoms with Crippen molar-refractivity contribution >= 4 is 12.6 Å². The lowest BCUT2D eigenvalue weighted by atomic mass is 10.4. The lowest BCUT2D eigenvalue weighted by Crippen LogP contribution is -2.27. The zero-order valence-corrected chi connectivity index (χ0v) is 6.12. The van der Waals surface area contributed by atoms with Gasteiger partial charge in [0.25, 0.3) is 0 Å². The molecule has 0 radical (unpaired) electrons. The third-order valence-corrected chi connectivity index (χ3v) is 0.943. The van der Waals surface area contributed by atoms with Crippen LogP contribution in [0.25, 0.3) is 0 Å². The average Bonchev–Trinajstić information content (AvgIpc) is 1.66. The van der Waals surface area contributed by atoms with Crippen molar-refractivity contribution < 1.29 is 0 Å². The molecule has 1 unspecified atom stereocenters. The van der Waals surface area contributed by atoms with Gasteiger partial charge in [-0.05, 0) is 0 Å². The minimum absolute atomic E-state index is 0.432. The summed E-state index contributed by atoms with van der Waals surface area (Å²) < 4.78 is 0. The molecule has 0 aliphatic rings. The summed E-state index contributed by atoms with van der Waals surface area (Å²) in [5.74, 6) is 0. The summed E-state index contributed by atoms with van der Waals surface area (Å²) in [6.45, 7) is 4.60. The summed E-state index contributed by atoms with van der Waals surface area (Å²) >= 11 is 4.17. The molecule has 0 amide bonds. The number of nitrogens with one attached hydrogen (secondary N) is 1. The fourth-order valence-electron chi connectivity index (χ4n) is 0.413. The van der Waals surface area contributed by atoms with E-state index < -0.39 is 0 Å². The van der Waals surface area contributed by atoms with Crippen molar-refractivity contribution in [3.63, 3.8) is 0 Å². The molecule has 0 aliphatic heterocycles. The van der Waals surface area contributed by atoms with E-state index in [1.807, 2.05) is 6.92 Å². The number of thiol groups is 1. The Morgan fingerprint density at radius 1 is 1.75 bits per heavy atom. The van der Waals surface area contributed by atoms with Crippen molar-refractivity contribution in [1.82, 2.24) is 5.32 Å². The highest BCUT2D eigenvalue weighted by Crippen LogP contribution is 1.86. The molecule has 50 valence electrons. The van der Waals surface area contributed by atoms with Crippen LogP contribution in [0.15, 0.2) is 0 Å². The van der Waals surface area contributed by atoms with Crippen molar-refractivity contribution in [3.8, 4) is 0 Å². The zero-order chi connectivity index (χ0) is 6.41. The molecule has 0 saturated carbocycles. The lowest BCUT2D eigenvalue weighted by molar-refractivity contribution is 0.688. The predicted octanol–water partition coefficient (Wildman–Crippen LogP) is -0.147. The molecular formula is C5H14N2S. The Hall–Kier alpha value is 0.270. The van der Waals surface area contributed by atoms with Crippen molar-refractivity contribution in [2.24, 2.45) is 5.73 Å². The van der Waals surface area contributed by atoms with Gasteiger partial charge in [-0.2, -0.15) is 12.6 Å². The standard InChI is InChI=1S/C5H14N2S/c1-5(8)4-7-3-2-6/h5,7-8H,2-4,6H2,1H3. The first-order chi connectivity index (χ1) is 3.77. The summed E-state index contributed by atoms with van der Waals surface area (Å²) in [6.07, 6.45) is 0. The summed E-state index contributed by atoms with van der Waals surface area (Å²) in [5.41, 5.74) is 5.23. The van der Waals surface area contributed by atoms with Crippen LogP contribution in [0.1, 0.15) is 6.92 Å². The highest BCUT2D eigenvalue weighted by molar-refractivity contribution is 7.80. The summed E-state index contributed by atoms with van der Waals surface area (Å²) in [4.78, 5) is 0. The van der Waals surface area contributed by atoms with Gasteiger partial charge in [-0.1, -0.05) is 6.92 Å². The van der Waals surface area contributed by atoms with Crippen molar-refractivity contribution in [2.75, 3.05) is 19.6 Å². The van der Waals surface area contributed by atoms with E-state index in [0.29, 0.717) is 11.8 Å². The van der Waals surface area contributed by atoms with E-state index in [2.05, 4.69) is 17.9 Å². The van der Waals surface area contributed by atoms with Gasteiger partial charge < -0.3 is 11.1 Å². The van der Waals surface area contributed by atoms with Crippen molar-refractivity contribution in [2.45, 2.75) is 12.2 Å². The summed E-state index contributed by atoms with van der Waals surface area (Å²) in [6, 6.07) is 0. The molecule has 0 fully saturated rings. The first-order valence-corrected chi connectivity index (χ1v) is 3.38. The largest absolute Gasteiger partial charge is 0.329 e. The minimum atomic E-state index is 0.432. The van der Waals surface area contributed by atoms with Gasteiger partial charge in [0.05, 0.1) is 0 Å². The second kappa shape index (κ2) is 5.41. The first-order valence-electron chi connectivity index (χ1n) is 2.86. The maximum atomic E-state index is 5.23. The molecule has 8 heavy (non-hydrogen) atoms. The van der Waals surface area contributed by atoms with Gasteiger partial charge in [-0.25, -0.2) is 0 Å². The Labute approximate surface area is 56.2 Å². The smallest absolute Gasteiger partial charge is 0.0113 e. The molecule has 0 aromatic heterocycles. The van der Waals surface area contributed by atoms with Crippen LogP contribution in [-0.4, -0.2) is 24.9 Å². The normalized spacial score (nSPS) is 13.9. The third-order valence-electron chi connectivity index (χ3n) is 0.761. The predicted molar refractivity (Wildman–Crippen MR) is 40.4 cm³/mol. The topological polar surface area (TPSA) is 38.0 Å². The monoisotopic (exact) mass is 134 g/mol. The van der Waals surface area contributed by atoms with Gasteiger partial charge in [0.15, 0.2) is 0 Å². The summed E-state index contributed by atoms with van der Waals surface area (Å²) in [5, 5.41) is 3.57. The number of nitrogens with two attached hydrogens (primary N) is 1. The van der Waals surface area contributed by atoms with Crippen LogP contribution in [0.4, 0.5) is 0 Å². The van der Waals surface area contributed by atoms with Crippen LogP contribution in [0.3, 0.4) is 0 Å². The van der Waals surface area contributed by atoms with E-state index in [1.165, 1.54) is 0 Å². The van der Waals surface area contributed by atoms with Gasteiger partial charge in [0.1, 0.15) is 0 Å².